The molecule has 1 amide bonds. The summed E-state index contributed by atoms with van der Waals surface area (Å²) in [7, 11) is 0. The molecular formula is C20H23NO2S. The average Bonchev–Trinajstić information content (AvgIpc) is 2.62. The number of ether oxygens (including phenoxy) is 1. The van der Waals surface area contributed by atoms with Gasteiger partial charge in [0.1, 0.15) is 5.75 Å². The summed E-state index contributed by atoms with van der Waals surface area (Å²) in [6.45, 7) is 2.15. The Morgan fingerprint density at radius 3 is 2.83 bits per heavy atom. The Labute approximate surface area is 147 Å². The Bertz CT molecular complexity index is 715. The van der Waals surface area contributed by atoms with Gasteiger partial charge in [0.05, 0.1) is 5.69 Å². The number of aryl methyl sites for hydroxylation is 1. The van der Waals surface area contributed by atoms with Crippen molar-refractivity contribution in [2.45, 2.75) is 37.5 Å². The molecular weight excluding hydrogens is 318 g/mol. The molecule has 0 unspecified atom stereocenters. The molecule has 126 valence electrons. The molecule has 24 heavy (non-hydrogen) atoms. The monoisotopic (exact) mass is 341 g/mol. The van der Waals surface area contributed by atoms with Crippen LogP contribution in [0.25, 0.3) is 0 Å². The molecule has 0 aromatic heterocycles. The first-order chi connectivity index (χ1) is 11.8. The van der Waals surface area contributed by atoms with Crippen LogP contribution >= 0.6 is 11.8 Å². The fourth-order valence-electron chi connectivity index (χ4n) is 3.06. The Balaban J connectivity index is 1.63. The second-order valence-electron chi connectivity index (χ2n) is 5.87. The number of fused-ring (bicyclic) bond motifs is 1. The van der Waals surface area contributed by atoms with Crippen LogP contribution in [0.4, 0.5) is 5.69 Å². The number of para-hydroxylation sites is 1. The van der Waals surface area contributed by atoms with Gasteiger partial charge in [0, 0.05) is 4.90 Å². The van der Waals surface area contributed by atoms with Crippen LogP contribution in [0.15, 0.2) is 47.4 Å². The average molecular weight is 341 g/mol. The molecule has 4 heteroatoms. The van der Waals surface area contributed by atoms with Crippen LogP contribution in [0.5, 0.6) is 5.75 Å². The molecule has 2 aromatic carbocycles. The van der Waals surface area contributed by atoms with E-state index in [0.717, 1.165) is 34.9 Å². The van der Waals surface area contributed by atoms with Gasteiger partial charge in [0.25, 0.3) is 5.91 Å². The van der Waals surface area contributed by atoms with Crippen molar-refractivity contribution in [2.75, 3.05) is 17.7 Å². The van der Waals surface area contributed by atoms with Gasteiger partial charge in [-0.15, -0.1) is 11.8 Å². The number of carbonyl (C=O) groups is 1. The first-order valence-electron chi connectivity index (χ1n) is 8.53. The zero-order chi connectivity index (χ0) is 16.8. The van der Waals surface area contributed by atoms with Crippen LogP contribution in [0.1, 0.15) is 30.9 Å². The topological polar surface area (TPSA) is 38.3 Å². The van der Waals surface area contributed by atoms with Crippen LogP contribution in [-0.2, 0) is 17.6 Å². The highest BCUT2D eigenvalue weighted by Crippen LogP contribution is 2.30. The smallest absolute Gasteiger partial charge is 0.262 e. The quantitative estimate of drug-likeness (QED) is 0.774. The zero-order valence-corrected chi connectivity index (χ0v) is 14.8. The van der Waals surface area contributed by atoms with Gasteiger partial charge < -0.3 is 10.1 Å². The van der Waals surface area contributed by atoms with Gasteiger partial charge in [-0.3, -0.25) is 4.79 Å². The third kappa shape index (κ3) is 4.12. The molecule has 0 saturated heterocycles. The predicted octanol–water partition coefficient (Wildman–Crippen LogP) is 4.69. The Morgan fingerprint density at radius 1 is 1.12 bits per heavy atom. The number of benzene rings is 2. The molecule has 0 fully saturated rings. The highest BCUT2D eigenvalue weighted by molar-refractivity contribution is 7.99. The zero-order valence-electron chi connectivity index (χ0n) is 14.0. The van der Waals surface area contributed by atoms with Crippen LogP contribution in [0.3, 0.4) is 0 Å². The van der Waals surface area contributed by atoms with Crippen molar-refractivity contribution in [3.05, 3.63) is 53.6 Å². The van der Waals surface area contributed by atoms with E-state index in [4.69, 9.17) is 4.74 Å². The van der Waals surface area contributed by atoms with Crippen molar-refractivity contribution in [3.8, 4) is 5.75 Å². The van der Waals surface area contributed by atoms with Gasteiger partial charge >= 0.3 is 0 Å². The van der Waals surface area contributed by atoms with E-state index in [9.17, 15) is 4.79 Å². The van der Waals surface area contributed by atoms with E-state index < -0.39 is 0 Å². The SMILES string of the molecule is CCSc1ccccc1NC(=O)COc1cccc2c1CCCC2. The molecule has 0 spiro atoms. The summed E-state index contributed by atoms with van der Waals surface area (Å²) in [5.41, 5.74) is 3.50. The van der Waals surface area contributed by atoms with E-state index in [0.29, 0.717) is 0 Å². The fourth-order valence-corrected chi connectivity index (χ4v) is 3.82. The lowest BCUT2D eigenvalue weighted by atomic mass is 9.91. The molecule has 2 aromatic rings. The van der Waals surface area contributed by atoms with Gasteiger partial charge in [-0.05, 0) is 60.8 Å². The van der Waals surface area contributed by atoms with E-state index in [-0.39, 0.29) is 12.5 Å². The fraction of sp³-hybridized carbons (Fsp3) is 0.350. The molecule has 0 saturated carbocycles. The molecule has 0 atom stereocenters. The normalized spacial score (nSPS) is 13.2. The van der Waals surface area contributed by atoms with Crippen LogP contribution in [-0.4, -0.2) is 18.3 Å². The molecule has 1 aliphatic rings. The van der Waals surface area contributed by atoms with E-state index >= 15 is 0 Å². The minimum Gasteiger partial charge on any atom is -0.483 e. The molecule has 3 nitrogen and oxygen atoms in total. The first-order valence-corrected chi connectivity index (χ1v) is 9.51. The number of amides is 1. The first kappa shape index (κ1) is 16.9. The van der Waals surface area contributed by atoms with Gasteiger partial charge in [-0.1, -0.05) is 31.2 Å². The van der Waals surface area contributed by atoms with E-state index in [1.54, 1.807) is 11.8 Å². The second kappa shape index (κ2) is 8.25. The Morgan fingerprint density at radius 2 is 1.96 bits per heavy atom. The van der Waals surface area contributed by atoms with Gasteiger partial charge in [-0.25, -0.2) is 0 Å². The summed E-state index contributed by atoms with van der Waals surface area (Å²) < 4.78 is 5.82. The molecule has 0 bridgehead atoms. The largest absolute Gasteiger partial charge is 0.483 e. The van der Waals surface area contributed by atoms with Crippen molar-refractivity contribution in [3.63, 3.8) is 0 Å². The summed E-state index contributed by atoms with van der Waals surface area (Å²) in [5.74, 6) is 1.71. The summed E-state index contributed by atoms with van der Waals surface area (Å²) in [5, 5.41) is 2.96. The lowest BCUT2D eigenvalue weighted by Gasteiger charge is -2.19. The molecule has 0 radical (unpaired) electrons. The van der Waals surface area contributed by atoms with E-state index in [2.05, 4.69) is 18.3 Å². The number of hydrogen-bond acceptors (Lipinski definition) is 3. The minimum atomic E-state index is -0.118. The van der Waals surface area contributed by atoms with Gasteiger partial charge in [0.2, 0.25) is 0 Å². The van der Waals surface area contributed by atoms with Crippen LogP contribution < -0.4 is 10.1 Å². The number of nitrogens with one attached hydrogen (secondary N) is 1. The second-order valence-corrected chi connectivity index (χ2v) is 7.17. The van der Waals surface area contributed by atoms with Gasteiger partial charge in [-0.2, -0.15) is 0 Å². The summed E-state index contributed by atoms with van der Waals surface area (Å²) in [6, 6.07) is 14.0. The van der Waals surface area contributed by atoms with Crippen molar-refractivity contribution in [1.82, 2.24) is 0 Å². The third-order valence-electron chi connectivity index (χ3n) is 4.17. The summed E-state index contributed by atoms with van der Waals surface area (Å²) >= 11 is 1.72. The number of rotatable bonds is 6. The minimum absolute atomic E-state index is 0.0432. The lowest BCUT2D eigenvalue weighted by Crippen LogP contribution is -2.21. The standard InChI is InChI=1S/C20H23NO2S/c1-2-24-19-13-6-5-11-17(19)21-20(22)14-23-18-12-7-9-15-8-3-4-10-16(15)18/h5-7,9,11-13H,2-4,8,10,14H2,1H3,(H,21,22). The van der Waals surface area contributed by atoms with E-state index in [1.165, 1.54) is 24.0 Å². The number of anilines is 1. The van der Waals surface area contributed by atoms with Crippen LogP contribution in [0, 0.1) is 0 Å². The van der Waals surface area contributed by atoms with Crippen molar-refractivity contribution >= 4 is 23.4 Å². The van der Waals surface area contributed by atoms with Crippen molar-refractivity contribution in [1.29, 1.82) is 0 Å². The summed E-state index contributed by atoms with van der Waals surface area (Å²) in [4.78, 5) is 13.4. The maximum atomic E-state index is 12.3. The van der Waals surface area contributed by atoms with Crippen LogP contribution in [0.2, 0.25) is 0 Å². The van der Waals surface area contributed by atoms with Gasteiger partial charge in [0.15, 0.2) is 6.61 Å². The maximum absolute atomic E-state index is 12.3. The molecule has 3 rings (SSSR count). The lowest BCUT2D eigenvalue weighted by molar-refractivity contribution is -0.118. The predicted molar refractivity (Wildman–Crippen MR) is 100 cm³/mol. The highest BCUT2D eigenvalue weighted by Gasteiger charge is 2.15. The Hall–Kier alpha value is -1.94. The molecule has 0 aliphatic heterocycles. The number of hydrogen-bond donors (Lipinski definition) is 1. The Kier molecular flexibility index (Phi) is 5.81. The highest BCUT2D eigenvalue weighted by atomic mass is 32.2. The molecule has 1 N–H and O–H groups in total. The molecule has 1 aliphatic carbocycles. The number of carbonyl (C=O) groups excluding carboxylic acids is 1. The summed E-state index contributed by atoms with van der Waals surface area (Å²) in [6.07, 6.45) is 4.59. The van der Waals surface area contributed by atoms with Crippen molar-refractivity contribution < 1.29 is 9.53 Å². The molecule has 0 heterocycles. The van der Waals surface area contributed by atoms with Crippen molar-refractivity contribution in [2.24, 2.45) is 0 Å². The third-order valence-corrected chi connectivity index (χ3v) is 5.13. The number of thioether (sulfide) groups is 1. The van der Waals surface area contributed by atoms with E-state index in [1.807, 2.05) is 36.4 Å². The maximum Gasteiger partial charge on any atom is 0.262 e.